The van der Waals surface area contributed by atoms with Crippen molar-refractivity contribution in [3.8, 4) is 0 Å². The number of carbonyl (C=O) groups is 1. The molecule has 0 aromatic carbocycles. The number of hydrogen-bond donors (Lipinski definition) is 0. The predicted molar refractivity (Wildman–Crippen MR) is 52.8 cm³/mol. The summed E-state index contributed by atoms with van der Waals surface area (Å²) in [5.74, 6) is -0.472. The highest BCUT2D eigenvalue weighted by Gasteiger charge is 2.05. The molecule has 5 nitrogen and oxygen atoms in total. The molecule has 14 heavy (non-hydrogen) atoms. The van der Waals surface area contributed by atoms with E-state index in [-0.39, 0.29) is 12.1 Å². The van der Waals surface area contributed by atoms with Crippen LogP contribution in [0.5, 0.6) is 0 Å². The SMILES string of the molecule is CCOC(=O)Cn1nc(Br)ccc1=O. The molecule has 0 aliphatic heterocycles. The van der Waals surface area contributed by atoms with Crippen molar-refractivity contribution in [3.05, 3.63) is 27.1 Å². The van der Waals surface area contributed by atoms with Crippen LogP contribution in [0.3, 0.4) is 0 Å². The van der Waals surface area contributed by atoms with Crippen molar-refractivity contribution in [1.82, 2.24) is 9.78 Å². The van der Waals surface area contributed by atoms with E-state index in [4.69, 9.17) is 0 Å². The maximum atomic E-state index is 11.2. The molecule has 0 aliphatic rings. The van der Waals surface area contributed by atoms with Gasteiger partial charge in [0.15, 0.2) is 0 Å². The molecule has 76 valence electrons. The van der Waals surface area contributed by atoms with E-state index in [9.17, 15) is 9.59 Å². The fourth-order valence-corrected chi connectivity index (χ4v) is 1.19. The molecule has 0 unspecified atom stereocenters. The lowest BCUT2D eigenvalue weighted by Crippen LogP contribution is -2.26. The Labute approximate surface area is 88.8 Å². The van der Waals surface area contributed by atoms with E-state index in [2.05, 4.69) is 25.8 Å². The summed E-state index contributed by atoms with van der Waals surface area (Å²) in [6, 6.07) is 2.85. The molecule has 0 saturated heterocycles. The molecule has 0 amide bonds. The summed E-state index contributed by atoms with van der Waals surface area (Å²) in [5.41, 5.74) is -0.332. The Morgan fingerprint density at radius 2 is 2.36 bits per heavy atom. The monoisotopic (exact) mass is 260 g/mol. The maximum absolute atomic E-state index is 11.2. The number of carbonyl (C=O) groups excluding carboxylic acids is 1. The number of halogens is 1. The van der Waals surface area contributed by atoms with Crippen LogP contribution in [-0.2, 0) is 16.1 Å². The van der Waals surface area contributed by atoms with Gasteiger partial charge < -0.3 is 4.74 Å². The molecule has 1 aromatic rings. The molecular formula is C8H9BrN2O3. The highest BCUT2D eigenvalue weighted by Crippen LogP contribution is 1.99. The average molecular weight is 261 g/mol. The summed E-state index contributed by atoms with van der Waals surface area (Å²) in [7, 11) is 0. The molecule has 0 bridgehead atoms. The minimum Gasteiger partial charge on any atom is -0.465 e. The molecule has 0 atom stereocenters. The van der Waals surface area contributed by atoms with Crippen LogP contribution in [0.4, 0.5) is 0 Å². The Hall–Kier alpha value is -1.17. The van der Waals surface area contributed by atoms with Crippen LogP contribution in [0, 0.1) is 0 Å². The summed E-state index contributed by atoms with van der Waals surface area (Å²) in [5, 5.41) is 3.81. The van der Waals surface area contributed by atoms with Crippen LogP contribution in [0.15, 0.2) is 21.5 Å². The van der Waals surface area contributed by atoms with Crippen molar-refractivity contribution in [1.29, 1.82) is 0 Å². The van der Waals surface area contributed by atoms with Crippen LogP contribution in [-0.4, -0.2) is 22.4 Å². The molecule has 0 fully saturated rings. The maximum Gasteiger partial charge on any atom is 0.327 e. The Morgan fingerprint density at radius 3 is 3.00 bits per heavy atom. The molecule has 1 heterocycles. The molecule has 0 radical (unpaired) electrons. The first-order valence-corrected chi connectivity index (χ1v) is 4.82. The van der Waals surface area contributed by atoms with Gasteiger partial charge in [0.25, 0.3) is 5.56 Å². The molecule has 0 N–H and O–H groups in total. The van der Waals surface area contributed by atoms with Crippen LogP contribution < -0.4 is 5.56 Å². The summed E-state index contributed by atoms with van der Waals surface area (Å²) in [6.07, 6.45) is 0. The quantitative estimate of drug-likeness (QED) is 0.746. The summed E-state index contributed by atoms with van der Waals surface area (Å²) < 4.78 is 6.23. The molecule has 0 aliphatic carbocycles. The van der Waals surface area contributed by atoms with E-state index in [0.29, 0.717) is 11.2 Å². The first-order chi connectivity index (χ1) is 6.63. The van der Waals surface area contributed by atoms with Gasteiger partial charge in [-0.25, -0.2) is 4.68 Å². The number of aromatic nitrogens is 2. The highest BCUT2D eigenvalue weighted by molar-refractivity contribution is 9.10. The van der Waals surface area contributed by atoms with Gasteiger partial charge in [0.1, 0.15) is 11.1 Å². The molecular weight excluding hydrogens is 252 g/mol. The summed E-state index contributed by atoms with van der Waals surface area (Å²) in [4.78, 5) is 22.2. The van der Waals surface area contributed by atoms with Gasteiger partial charge in [-0.05, 0) is 28.9 Å². The zero-order chi connectivity index (χ0) is 10.6. The predicted octanol–water partition coefficient (Wildman–Crippen LogP) is 0.569. The minimum absolute atomic E-state index is 0.161. The summed E-state index contributed by atoms with van der Waals surface area (Å²) >= 11 is 3.10. The average Bonchev–Trinajstić information content (AvgIpc) is 2.12. The Morgan fingerprint density at radius 1 is 1.64 bits per heavy atom. The smallest absolute Gasteiger partial charge is 0.327 e. The van der Waals surface area contributed by atoms with Gasteiger partial charge in [0.05, 0.1) is 6.61 Å². The van der Waals surface area contributed by atoms with Gasteiger partial charge in [-0.3, -0.25) is 9.59 Å². The first-order valence-electron chi connectivity index (χ1n) is 4.02. The second kappa shape index (κ2) is 4.90. The van der Waals surface area contributed by atoms with E-state index in [1.54, 1.807) is 6.92 Å². The molecule has 1 aromatic heterocycles. The first kappa shape index (κ1) is 10.9. The van der Waals surface area contributed by atoms with Gasteiger partial charge in [0.2, 0.25) is 0 Å². The van der Waals surface area contributed by atoms with Gasteiger partial charge in [-0.1, -0.05) is 0 Å². The van der Waals surface area contributed by atoms with Crippen molar-refractivity contribution in [2.45, 2.75) is 13.5 Å². The van der Waals surface area contributed by atoms with Crippen molar-refractivity contribution in [2.24, 2.45) is 0 Å². The van der Waals surface area contributed by atoms with Gasteiger partial charge >= 0.3 is 5.97 Å². The van der Waals surface area contributed by atoms with E-state index in [1.165, 1.54) is 12.1 Å². The van der Waals surface area contributed by atoms with Crippen molar-refractivity contribution in [2.75, 3.05) is 6.61 Å². The Bertz CT molecular complexity index is 388. The topological polar surface area (TPSA) is 61.2 Å². The third-order valence-corrected chi connectivity index (χ3v) is 1.84. The third-order valence-electron chi connectivity index (χ3n) is 1.42. The Kier molecular flexibility index (Phi) is 3.82. The zero-order valence-electron chi connectivity index (χ0n) is 7.57. The van der Waals surface area contributed by atoms with Gasteiger partial charge in [0, 0.05) is 6.07 Å². The number of nitrogens with zero attached hydrogens (tertiary/aromatic N) is 2. The fourth-order valence-electron chi connectivity index (χ4n) is 0.866. The lowest BCUT2D eigenvalue weighted by Gasteiger charge is -2.03. The number of ether oxygens (including phenoxy) is 1. The van der Waals surface area contributed by atoms with E-state index in [0.717, 1.165) is 4.68 Å². The van der Waals surface area contributed by atoms with Crippen molar-refractivity contribution in [3.63, 3.8) is 0 Å². The van der Waals surface area contributed by atoms with Gasteiger partial charge in [-0.15, -0.1) is 0 Å². The molecule has 1 rings (SSSR count). The van der Waals surface area contributed by atoms with E-state index >= 15 is 0 Å². The zero-order valence-corrected chi connectivity index (χ0v) is 9.15. The summed E-state index contributed by atoms with van der Waals surface area (Å²) in [6.45, 7) is 1.84. The van der Waals surface area contributed by atoms with Crippen molar-refractivity contribution < 1.29 is 9.53 Å². The van der Waals surface area contributed by atoms with Crippen LogP contribution in [0.1, 0.15) is 6.92 Å². The fraction of sp³-hybridized carbons (Fsp3) is 0.375. The third kappa shape index (κ3) is 2.95. The number of hydrogen-bond acceptors (Lipinski definition) is 4. The number of esters is 1. The van der Waals surface area contributed by atoms with Crippen LogP contribution in [0.25, 0.3) is 0 Å². The second-order valence-electron chi connectivity index (χ2n) is 2.46. The molecule has 6 heteroatoms. The normalized spacial score (nSPS) is 9.86. The second-order valence-corrected chi connectivity index (χ2v) is 3.27. The number of rotatable bonds is 3. The minimum atomic E-state index is -0.472. The Balaban J connectivity index is 2.81. The lowest BCUT2D eigenvalue weighted by molar-refractivity contribution is -0.144. The van der Waals surface area contributed by atoms with Crippen molar-refractivity contribution >= 4 is 21.9 Å². The van der Waals surface area contributed by atoms with Gasteiger partial charge in [-0.2, -0.15) is 5.10 Å². The van der Waals surface area contributed by atoms with E-state index in [1.807, 2.05) is 0 Å². The highest BCUT2D eigenvalue weighted by atomic mass is 79.9. The largest absolute Gasteiger partial charge is 0.465 e. The van der Waals surface area contributed by atoms with Crippen LogP contribution in [0.2, 0.25) is 0 Å². The standard InChI is InChI=1S/C8H9BrN2O3/c1-2-14-8(13)5-11-7(12)4-3-6(9)10-11/h3-4H,2,5H2,1H3. The lowest BCUT2D eigenvalue weighted by atomic mass is 10.5. The van der Waals surface area contributed by atoms with Crippen LogP contribution >= 0.6 is 15.9 Å². The molecule has 0 spiro atoms. The molecule has 0 saturated carbocycles. The van der Waals surface area contributed by atoms with E-state index < -0.39 is 5.97 Å².